The van der Waals surface area contributed by atoms with E-state index in [1.165, 1.54) is 0 Å². The molecule has 1 rings (SSSR count). The highest BCUT2D eigenvalue weighted by molar-refractivity contribution is 9.10. The number of hydrogen-bond donors (Lipinski definition) is 3. The molecule has 0 aromatic heterocycles. The van der Waals surface area contributed by atoms with E-state index in [1.54, 1.807) is 12.1 Å². The number of anilines is 2. The van der Waals surface area contributed by atoms with Crippen LogP contribution >= 0.6 is 15.9 Å². The van der Waals surface area contributed by atoms with Crippen molar-refractivity contribution in [1.82, 2.24) is 0 Å². The van der Waals surface area contributed by atoms with E-state index in [0.29, 0.717) is 11.4 Å². The van der Waals surface area contributed by atoms with Crippen LogP contribution in [0.2, 0.25) is 0 Å². The molecular formula is C8H10BrN3O. The molecule has 0 heterocycles. The first kappa shape index (κ1) is 9.85. The van der Waals surface area contributed by atoms with Gasteiger partial charge in [-0.3, -0.25) is 4.79 Å². The SMILES string of the molecule is NC(=O)CNc1ccc(Br)cc1N. The van der Waals surface area contributed by atoms with Crippen molar-refractivity contribution in [3.8, 4) is 0 Å². The first-order chi connectivity index (χ1) is 6.09. The van der Waals surface area contributed by atoms with Crippen LogP contribution in [0, 0.1) is 0 Å². The third kappa shape index (κ3) is 2.95. The van der Waals surface area contributed by atoms with Crippen molar-refractivity contribution < 1.29 is 4.79 Å². The van der Waals surface area contributed by atoms with E-state index in [0.717, 1.165) is 4.47 Å². The van der Waals surface area contributed by atoms with Gasteiger partial charge >= 0.3 is 0 Å². The van der Waals surface area contributed by atoms with Gasteiger partial charge in [0.05, 0.1) is 17.9 Å². The van der Waals surface area contributed by atoms with Gasteiger partial charge in [0, 0.05) is 4.47 Å². The molecular weight excluding hydrogens is 234 g/mol. The van der Waals surface area contributed by atoms with Crippen LogP contribution in [0.3, 0.4) is 0 Å². The zero-order valence-electron chi connectivity index (χ0n) is 6.88. The van der Waals surface area contributed by atoms with Gasteiger partial charge in [0.15, 0.2) is 0 Å². The smallest absolute Gasteiger partial charge is 0.236 e. The Bertz CT molecular complexity index is 327. The van der Waals surface area contributed by atoms with E-state index in [4.69, 9.17) is 11.5 Å². The maximum absolute atomic E-state index is 10.5. The van der Waals surface area contributed by atoms with Gasteiger partial charge in [0.25, 0.3) is 0 Å². The molecule has 0 spiro atoms. The molecule has 1 aromatic rings. The summed E-state index contributed by atoms with van der Waals surface area (Å²) in [6, 6.07) is 5.37. The molecule has 0 aliphatic rings. The molecule has 0 fully saturated rings. The lowest BCUT2D eigenvalue weighted by Gasteiger charge is -2.07. The summed E-state index contributed by atoms with van der Waals surface area (Å²) in [7, 11) is 0. The molecule has 1 amide bonds. The van der Waals surface area contributed by atoms with Crippen molar-refractivity contribution in [2.75, 3.05) is 17.6 Å². The molecule has 0 aliphatic heterocycles. The topological polar surface area (TPSA) is 81.1 Å². The Hall–Kier alpha value is -1.23. The normalized spacial score (nSPS) is 9.62. The quantitative estimate of drug-likeness (QED) is 0.692. The predicted molar refractivity (Wildman–Crippen MR) is 56.2 cm³/mol. The third-order valence-electron chi connectivity index (χ3n) is 1.47. The minimum absolute atomic E-state index is 0.0891. The van der Waals surface area contributed by atoms with Crippen LogP contribution in [0.1, 0.15) is 0 Å². The average Bonchev–Trinajstić information content (AvgIpc) is 2.02. The van der Waals surface area contributed by atoms with Crippen molar-refractivity contribution in [1.29, 1.82) is 0 Å². The van der Waals surface area contributed by atoms with Crippen LogP contribution in [0.25, 0.3) is 0 Å². The molecule has 13 heavy (non-hydrogen) atoms. The summed E-state index contributed by atoms with van der Waals surface area (Å²) in [6.07, 6.45) is 0. The molecule has 0 saturated heterocycles. The summed E-state index contributed by atoms with van der Waals surface area (Å²) in [5, 5.41) is 2.82. The molecule has 4 nitrogen and oxygen atoms in total. The second-order valence-corrected chi connectivity index (χ2v) is 3.47. The Morgan fingerprint density at radius 1 is 1.54 bits per heavy atom. The lowest BCUT2D eigenvalue weighted by molar-refractivity contribution is -0.116. The summed E-state index contributed by atoms with van der Waals surface area (Å²) < 4.78 is 0.898. The number of carbonyl (C=O) groups is 1. The van der Waals surface area contributed by atoms with Crippen LogP contribution in [0.4, 0.5) is 11.4 Å². The largest absolute Gasteiger partial charge is 0.397 e. The van der Waals surface area contributed by atoms with E-state index in [2.05, 4.69) is 21.2 Å². The number of halogens is 1. The minimum atomic E-state index is -0.415. The highest BCUT2D eigenvalue weighted by atomic mass is 79.9. The molecule has 5 heteroatoms. The number of primary amides is 1. The maximum Gasteiger partial charge on any atom is 0.236 e. The summed E-state index contributed by atoms with van der Waals surface area (Å²) in [6.45, 7) is 0.0891. The summed E-state index contributed by atoms with van der Waals surface area (Å²) in [4.78, 5) is 10.5. The Morgan fingerprint density at radius 3 is 2.77 bits per heavy atom. The molecule has 1 aromatic carbocycles. The van der Waals surface area contributed by atoms with Crippen molar-refractivity contribution in [3.05, 3.63) is 22.7 Å². The Labute approximate surface area is 84.4 Å². The molecule has 0 radical (unpaired) electrons. The molecule has 70 valence electrons. The van der Waals surface area contributed by atoms with Gasteiger partial charge < -0.3 is 16.8 Å². The fourth-order valence-electron chi connectivity index (χ4n) is 0.877. The van der Waals surface area contributed by atoms with Gasteiger partial charge in [-0.05, 0) is 18.2 Å². The lowest BCUT2D eigenvalue weighted by atomic mass is 10.2. The number of nitrogen functional groups attached to an aromatic ring is 1. The number of nitrogens with two attached hydrogens (primary N) is 2. The van der Waals surface area contributed by atoms with Crippen LogP contribution in [0.5, 0.6) is 0 Å². The molecule has 0 saturated carbocycles. The van der Waals surface area contributed by atoms with E-state index in [1.807, 2.05) is 6.07 Å². The van der Waals surface area contributed by atoms with Crippen molar-refractivity contribution >= 4 is 33.2 Å². The fourth-order valence-corrected chi connectivity index (χ4v) is 1.26. The number of hydrogen-bond acceptors (Lipinski definition) is 3. The van der Waals surface area contributed by atoms with Gasteiger partial charge in [0.1, 0.15) is 0 Å². The molecule has 0 bridgehead atoms. The number of rotatable bonds is 3. The molecule has 0 atom stereocenters. The second kappa shape index (κ2) is 4.13. The Balaban J connectivity index is 2.72. The van der Waals surface area contributed by atoms with Crippen molar-refractivity contribution in [3.63, 3.8) is 0 Å². The molecule has 0 unspecified atom stereocenters. The number of amides is 1. The van der Waals surface area contributed by atoms with E-state index in [-0.39, 0.29) is 6.54 Å². The minimum Gasteiger partial charge on any atom is -0.397 e. The summed E-state index contributed by atoms with van der Waals surface area (Å²) in [5.41, 5.74) is 11.9. The van der Waals surface area contributed by atoms with Crippen LogP contribution in [0.15, 0.2) is 22.7 Å². The van der Waals surface area contributed by atoms with Crippen molar-refractivity contribution in [2.24, 2.45) is 5.73 Å². The first-order valence-electron chi connectivity index (χ1n) is 3.67. The second-order valence-electron chi connectivity index (χ2n) is 2.55. The Kier molecular flexibility index (Phi) is 3.13. The number of carbonyl (C=O) groups excluding carboxylic acids is 1. The first-order valence-corrected chi connectivity index (χ1v) is 4.46. The lowest BCUT2D eigenvalue weighted by Crippen LogP contribution is -2.22. The third-order valence-corrected chi connectivity index (χ3v) is 1.96. The summed E-state index contributed by atoms with van der Waals surface area (Å²) >= 11 is 3.28. The van der Waals surface area contributed by atoms with E-state index >= 15 is 0 Å². The van der Waals surface area contributed by atoms with Gasteiger partial charge in [-0.25, -0.2) is 0 Å². The zero-order chi connectivity index (χ0) is 9.84. The van der Waals surface area contributed by atoms with E-state index in [9.17, 15) is 4.79 Å². The summed E-state index contributed by atoms with van der Waals surface area (Å²) in [5.74, 6) is -0.415. The number of benzene rings is 1. The molecule has 0 aliphatic carbocycles. The number of nitrogens with one attached hydrogen (secondary N) is 1. The Morgan fingerprint density at radius 2 is 2.23 bits per heavy atom. The highest BCUT2D eigenvalue weighted by Crippen LogP contribution is 2.22. The van der Waals surface area contributed by atoms with Gasteiger partial charge in [0.2, 0.25) is 5.91 Å². The maximum atomic E-state index is 10.5. The van der Waals surface area contributed by atoms with E-state index < -0.39 is 5.91 Å². The molecule has 5 N–H and O–H groups in total. The van der Waals surface area contributed by atoms with Gasteiger partial charge in [-0.15, -0.1) is 0 Å². The van der Waals surface area contributed by atoms with Gasteiger partial charge in [-0.2, -0.15) is 0 Å². The fraction of sp³-hybridized carbons (Fsp3) is 0.125. The van der Waals surface area contributed by atoms with Crippen LogP contribution in [-0.2, 0) is 4.79 Å². The van der Waals surface area contributed by atoms with Gasteiger partial charge in [-0.1, -0.05) is 15.9 Å². The standard InChI is InChI=1S/C8H10BrN3O/c9-5-1-2-7(6(10)3-5)12-4-8(11)13/h1-3,12H,4,10H2,(H2,11,13). The predicted octanol–water partition coefficient (Wildman–Crippen LogP) is 0.928. The van der Waals surface area contributed by atoms with Crippen LogP contribution < -0.4 is 16.8 Å². The average molecular weight is 244 g/mol. The highest BCUT2D eigenvalue weighted by Gasteiger charge is 1.99. The zero-order valence-corrected chi connectivity index (χ0v) is 8.47. The van der Waals surface area contributed by atoms with Crippen molar-refractivity contribution in [2.45, 2.75) is 0 Å². The monoisotopic (exact) mass is 243 g/mol. The van der Waals surface area contributed by atoms with Crippen LogP contribution in [-0.4, -0.2) is 12.5 Å².